The van der Waals surface area contributed by atoms with E-state index in [0.717, 1.165) is 18.8 Å². The van der Waals surface area contributed by atoms with Gasteiger partial charge in [-0.2, -0.15) is 0 Å². The van der Waals surface area contributed by atoms with Crippen molar-refractivity contribution in [3.8, 4) is 0 Å². The van der Waals surface area contributed by atoms with Crippen LogP contribution in [0.2, 0.25) is 0 Å². The maximum atomic E-state index is 11.3. The molecule has 0 aliphatic rings. The summed E-state index contributed by atoms with van der Waals surface area (Å²) in [5.41, 5.74) is 0. The van der Waals surface area contributed by atoms with Crippen LogP contribution < -0.4 is 5.32 Å². The van der Waals surface area contributed by atoms with Crippen LogP contribution in [0.5, 0.6) is 0 Å². The Labute approximate surface area is 99.8 Å². The number of thioether (sulfide) groups is 1. The van der Waals surface area contributed by atoms with Gasteiger partial charge in [-0.05, 0) is 6.42 Å². The van der Waals surface area contributed by atoms with Gasteiger partial charge in [0.25, 0.3) is 0 Å². The first-order chi connectivity index (χ1) is 7.63. The number of aromatic nitrogens is 3. The van der Waals surface area contributed by atoms with Gasteiger partial charge in [-0.25, -0.2) is 4.98 Å². The molecule has 6 heteroatoms. The summed E-state index contributed by atoms with van der Waals surface area (Å²) in [6.07, 6.45) is 0.953. The molecule has 0 saturated carbocycles. The van der Waals surface area contributed by atoms with Gasteiger partial charge < -0.3 is 5.32 Å². The van der Waals surface area contributed by atoms with E-state index in [1.165, 1.54) is 11.8 Å². The first-order valence-corrected chi connectivity index (χ1v) is 6.43. The maximum Gasteiger partial charge on any atom is 0.230 e. The van der Waals surface area contributed by atoms with Crippen molar-refractivity contribution >= 4 is 17.7 Å². The lowest BCUT2D eigenvalue weighted by atomic mass is 10.2. The quantitative estimate of drug-likeness (QED) is 0.742. The van der Waals surface area contributed by atoms with Crippen LogP contribution in [0.4, 0.5) is 0 Å². The number of amides is 1. The molecule has 1 amide bonds. The molecule has 0 aliphatic carbocycles. The van der Waals surface area contributed by atoms with Crippen molar-refractivity contribution in [2.24, 2.45) is 0 Å². The van der Waals surface area contributed by atoms with Crippen molar-refractivity contribution in [1.82, 2.24) is 20.5 Å². The molecule has 0 atom stereocenters. The van der Waals surface area contributed by atoms with E-state index in [4.69, 9.17) is 0 Å². The Morgan fingerprint density at radius 2 is 2.31 bits per heavy atom. The van der Waals surface area contributed by atoms with Crippen molar-refractivity contribution in [3.05, 3.63) is 5.82 Å². The molecule has 1 aromatic heterocycles. The van der Waals surface area contributed by atoms with E-state index in [1.807, 2.05) is 20.8 Å². The minimum Gasteiger partial charge on any atom is -0.355 e. The monoisotopic (exact) mass is 242 g/mol. The number of carbonyl (C=O) groups excluding carboxylic acids is 1. The molecule has 1 heterocycles. The van der Waals surface area contributed by atoms with Crippen LogP contribution in [0.25, 0.3) is 0 Å². The maximum absolute atomic E-state index is 11.3. The molecule has 0 fully saturated rings. The molecule has 1 aromatic rings. The van der Waals surface area contributed by atoms with Crippen LogP contribution in [0.3, 0.4) is 0 Å². The summed E-state index contributed by atoms with van der Waals surface area (Å²) < 4.78 is 0. The Hall–Kier alpha value is -1.04. The number of nitrogens with zero attached hydrogens (tertiary/aromatic N) is 2. The Morgan fingerprint density at radius 3 is 2.88 bits per heavy atom. The first-order valence-electron chi connectivity index (χ1n) is 5.45. The summed E-state index contributed by atoms with van der Waals surface area (Å²) in [6, 6.07) is 0. The lowest BCUT2D eigenvalue weighted by Crippen LogP contribution is -2.25. The van der Waals surface area contributed by atoms with Crippen LogP contribution in [0.15, 0.2) is 5.16 Å². The number of carbonyl (C=O) groups is 1. The fourth-order valence-electron chi connectivity index (χ4n) is 1.03. The fourth-order valence-corrected chi connectivity index (χ4v) is 1.66. The smallest absolute Gasteiger partial charge is 0.230 e. The van der Waals surface area contributed by atoms with Gasteiger partial charge in [-0.3, -0.25) is 9.89 Å². The van der Waals surface area contributed by atoms with E-state index in [9.17, 15) is 4.79 Å². The summed E-state index contributed by atoms with van der Waals surface area (Å²) in [6.45, 7) is 6.84. The summed E-state index contributed by atoms with van der Waals surface area (Å²) in [7, 11) is 0. The van der Waals surface area contributed by atoms with Crippen molar-refractivity contribution in [3.63, 3.8) is 0 Å². The lowest BCUT2D eigenvalue weighted by Gasteiger charge is -2.00. The molecule has 0 aromatic carbocycles. The number of nitrogens with one attached hydrogen (secondary N) is 2. The van der Waals surface area contributed by atoms with Gasteiger partial charge in [0, 0.05) is 12.5 Å². The number of H-pyrrole nitrogens is 1. The number of hydrogen-bond acceptors (Lipinski definition) is 4. The van der Waals surface area contributed by atoms with Crippen LogP contribution in [0, 0.1) is 0 Å². The topological polar surface area (TPSA) is 70.7 Å². The van der Waals surface area contributed by atoms with Gasteiger partial charge in [0.1, 0.15) is 5.82 Å². The van der Waals surface area contributed by atoms with Crippen molar-refractivity contribution in [2.75, 3.05) is 12.3 Å². The zero-order chi connectivity index (χ0) is 12.0. The van der Waals surface area contributed by atoms with E-state index < -0.39 is 0 Å². The molecule has 0 radical (unpaired) electrons. The third-order valence-electron chi connectivity index (χ3n) is 1.93. The zero-order valence-corrected chi connectivity index (χ0v) is 10.7. The highest BCUT2D eigenvalue weighted by atomic mass is 32.2. The predicted octanol–water partition coefficient (Wildman–Crippen LogP) is 1.55. The minimum atomic E-state index is 0.0303. The Kier molecular flexibility index (Phi) is 5.31. The van der Waals surface area contributed by atoms with Crippen molar-refractivity contribution in [2.45, 2.75) is 38.3 Å². The van der Waals surface area contributed by atoms with E-state index in [1.54, 1.807) is 0 Å². The number of rotatable bonds is 6. The molecule has 0 aliphatic heterocycles. The van der Waals surface area contributed by atoms with Crippen LogP contribution in [-0.4, -0.2) is 33.4 Å². The number of aromatic amines is 1. The number of hydrogen-bond donors (Lipinski definition) is 2. The summed E-state index contributed by atoms with van der Waals surface area (Å²) in [5.74, 6) is 1.59. The van der Waals surface area contributed by atoms with Crippen LogP contribution in [0.1, 0.15) is 38.9 Å². The molecular formula is C10H18N4OS. The van der Waals surface area contributed by atoms with Crippen molar-refractivity contribution < 1.29 is 4.79 Å². The van der Waals surface area contributed by atoms with E-state index in [0.29, 0.717) is 16.8 Å². The van der Waals surface area contributed by atoms with Gasteiger partial charge in [-0.1, -0.05) is 32.5 Å². The summed E-state index contributed by atoms with van der Waals surface area (Å²) in [5, 5.41) is 10.3. The molecule has 2 N–H and O–H groups in total. The summed E-state index contributed by atoms with van der Waals surface area (Å²) in [4.78, 5) is 15.6. The van der Waals surface area contributed by atoms with Crippen molar-refractivity contribution in [1.29, 1.82) is 0 Å². The van der Waals surface area contributed by atoms with Gasteiger partial charge in [0.15, 0.2) is 0 Å². The Balaban J connectivity index is 2.33. The van der Waals surface area contributed by atoms with E-state index >= 15 is 0 Å². The largest absolute Gasteiger partial charge is 0.355 e. The van der Waals surface area contributed by atoms with E-state index in [2.05, 4.69) is 20.5 Å². The highest BCUT2D eigenvalue weighted by Gasteiger charge is 2.08. The molecule has 0 spiro atoms. The molecular weight excluding hydrogens is 224 g/mol. The average molecular weight is 242 g/mol. The second-order valence-corrected chi connectivity index (χ2v) is 4.74. The van der Waals surface area contributed by atoms with Gasteiger partial charge in [0.2, 0.25) is 11.1 Å². The SMILES string of the molecule is CCCNC(=O)CSc1n[nH]c(C(C)C)n1. The third kappa shape index (κ3) is 4.22. The minimum absolute atomic E-state index is 0.0303. The highest BCUT2D eigenvalue weighted by molar-refractivity contribution is 7.99. The Morgan fingerprint density at radius 1 is 1.56 bits per heavy atom. The highest BCUT2D eigenvalue weighted by Crippen LogP contribution is 2.15. The van der Waals surface area contributed by atoms with Gasteiger partial charge in [0.05, 0.1) is 5.75 Å². The second kappa shape index (κ2) is 6.52. The van der Waals surface area contributed by atoms with Gasteiger partial charge >= 0.3 is 0 Å². The molecule has 90 valence electrons. The average Bonchev–Trinajstić information content (AvgIpc) is 2.72. The molecule has 5 nitrogen and oxygen atoms in total. The molecule has 0 saturated heterocycles. The second-order valence-electron chi connectivity index (χ2n) is 3.80. The zero-order valence-electron chi connectivity index (χ0n) is 9.91. The molecule has 0 bridgehead atoms. The molecule has 0 unspecified atom stereocenters. The summed E-state index contributed by atoms with van der Waals surface area (Å²) >= 11 is 1.35. The molecule has 16 heavy (non-hydrogen) atoms. The fraction of sp³-hybridized carbons (Fsp3) is 0.700. The van der Waals surface area contributed by atoms with E-state index in [-0.39, 0.29) is 5.91 Å². The lowest BCUT2D eigenvalue weighted by molar-refractivity contribution is -0.118. The third-order valence-corrected chi connectivity index (χ3v) is 2.78. The predicted molar refractivity (Wildman–Crippen MR) is 64.5 cm³/mol. The Bertz CT molecular complexity index is 337. The normalized spacial score (nSPS) is 10.8. The molecule has 1 rings (SSSR count). The first kappa shape index (κ1) is 13.0. The van der Waals surface area contributed by atoms with Crippen LogP contribution in [-0.2, 0) is 4.79 Å². The standard InChI is InChI=1S/C10H18N4OS/c1-4-5-11-8(15)6-16-10-12-9(7(2)3)13-14-10/h7H,4-6H2,1-3H3,(H,11,15)(H,12,13,14). The van der Waals surface area contributed by atoms with Crippen LogP contribution >= 0.6 is 11.8 Å². The van der Waals surface area contributed by atoms with Gasteiger partial charge in [-0.15, -0.1) is 5.10 Å².